The number of hydrogen-bond donors (Lipinski definition) is 2. The topological polar surface area (TPSA) is 69.6 Å². The standard InChI is InChI=1S/C11H20N2O3/c1-7(2)13(3)5-4-12-10(14)8-6-9(8)11(15)16/h7-9H,4-6H2,1-3H3,(H,12,14)(H,15,16)/t8-,9+/m1/s1. The van der Waals surface area contributed by atoms with Crippen LogP contribution < -0.4 is 5.32 Å². The molecule has 0 unspecified atom stereocenters. The van der Waals surface area contributed by atoms with Crippen molar-refractivity contribution in [1.29, 1.82) is 0 Å². The summed E-state index contributed by atoms with van der Waals surface area (Å²) >= 11 is 0. The Bertz CT molecular complexity index is 278. The number of carboxylic acid groups (broad SMARTS) is 1. The van der Waals surface area contributed by atoms with Gasteiger partial charge >= 0.3 is 5.97 Å². The molecule has 2 atom stereocenters. The van der Waals surface area contributed by atoms with Crippen molar-refractivity contribution in [2.75, 3.05) is 20.1 Å². The normalized spacial score (nSPS) is 23.6. The summed E-state index contributed by atoms with van der Waals surface area (Å²) in [7, 11) is 1.99. The number of carbonyl (C=O) groups excluding carboxylic acids is 1. The van der Waals surface area contributed by atoms with Crippen LogP contribution in [0.2, 0.25) is 0 Å². The van der Waals surface area contributed by atoms with Crippen LogP contribution in [0, 0.1) is 11.8 Å². The molecule has 0 aromatic carbocycles. The quantitative estimate of drug-likeness (QED) is 0.679. The van der Waals surface area contributed by atoms with Crippen LogP contribution in [0.3, 0.4) is 0 Å². The lowest BCUT2D eigenvalue weighted by Crippen LogP contribution is -2.37. The van der Waals surface area contributed by atoms with E-state index in [1.807, 2.05) is 7.05 Å². The van der Waals surface area contributed by atoms with Crippen LogP contribution in [0.15, 0.2) is 0 Å². The zero-order chi connectivity index (χ0) is 12.3. The molecule has 0 heterocycles. The van der Waals surface area contributed by atoms with Gasteiger partial charge in [0.2, 0.25) is 5.91 Å². The number of nitrogens with one attached hydrogen (secondary N) is 1. The first kappa shape index (κ1) is 13.0. The molecular formula is C11H20N2O3. The van der Waals surface area contributed by atoms with E-state index in [9.17, 15) is 9.59 Å². The highest BCUT2D eigenvalue weighted by atomic mass is 16.4. The van der Waals surface area contributed by atoms with Gasteiger partial charge in [-0.1, -0.05) is 0 Å². The van der Waals surface area contributed by atoms with E-state index in [1.165, 1.54) is 0 Å². The summed E-state index contributed by atoms with van der Waals surface area (Å²) < 4.78 is 0. The van der Waals surface area contributed by atoms with Crippen molar-refractivity contribution in [2.45, 2.75) is 26.3 Å². The zero-order valence-corrected chi connectivity index (χ0v) is 10.1. The Labute approximate surface area is 95.8 Å². The molecule has 92 valence electrons. The minimum Gasteiger partial charge on any atom is -0.481 e. The van der Waals surface area contributed by atoms with Gasteiger partial charge in [-0.25, -0.2) is 0 Å². The monoisotopic (exact) mass is 228 g/mol. The Hall–Kier alpha value is -1.10. The van der Waals surface area contributed by atoms with Crippen molar-refractivity contribution in [1.82, 2.24) is 10.2 Å². The second kappa shape index (κ2) is 5.30. The Kier molecular flexibility index (Phi) is 4.29. The maximum Gasteiger partial charge on any atom is 0.307 e. The van der Waals surface area contributed by atoms with Crippen molar-refractivity contribution in [2.24, 2.45) is 11.8 Å². The third kappa shape index (κ3) is 3.48. The SMILES string of the molecule is CC(C)N(C)CCNC(=O)[C@@H]1C[C@@H]1C(=O)O. The van der Waals surface area contributed by atoms with Gasteiger partial charge in [0.25, 0.3) is 0 Å². The van der Waals surface area contributed by atoms with Crippen LogP contribution >= 0.6 is 0 Å². The van der Waals surface area contributed by atoms with Gasteiger partial charge in [0, 0.05) is 19.1 Å². The molecule has 1 rings (SSSR count). The van der Waals surface area contributed by atoms with Gasteiger partial charge in [0.1, 0.15) is 0 Å². The van der Waals surface area contributed by atoms with Gasteiger partial charge < -0.3 is 15.3 Å². The van der Waals surface area contributed by atoms with E-state index in [0.29, 0.717) is 19.0 Å². The van der Waals surface area contributed by atoms with Gasteiger partial charge in [-0.05, 0) is 27.3 Å². The van der Waals surface area contributed by atoms with E-state index in [-0.39, 0.29) is 11.8 Å². The van der Waals surface area contributed by atoms with Crippen molar-refractivity contribution in [3.63, 3.8) is 0 Å². The molecule has 0 radical (unpaired) electrons. The summed E-state index contributed by atoms with van der Waals surface area (Å²) in [5.74, 6) is -1.74. The Balaban J connectivity index is 2.15. The van der Waals surface area contributed by atoms with Gasteiger partial charge in [-0.2, -0.15) is 0 Å². The van der Waals surface area contributed by atoms with Gasteiger partial charge in [-0.3, -0.25) is 9.59 Å². The third-order valence-electron chi connectivity index (χ3n) is 3.09. The average Bonchev–Trinajstić information content (AvgIpc) is 2.96. The van der Waals surface area contributed by atoms with E-state index < -0.39 is 11.9 Å². The highest BCUT2D eigenvalue weighted by molar-refractivity contribution is 5.89. The number of amides is 1. The molecule has 1 amide bonds. The molecule has 5 nitrogen and oxygen atoms in total. The largest absolute Gasteiger partial charge is 0.481 e. The van der Waals surface area contributed by atoms with Crippen molar-refractivity contribution in [3.05, 3.63) is 0 Å². The molecule has 0 bridgehead atoms. The van der Waals surface area contributed by atoms with Crippen molar-refractivity contribution >= 4 is 11.9 Å². The number of nitrogens with zero attached hydrogens (tertiary/aromatic N) is 1. The Morgan fingerprint density at radius 3 is 2.50 bits per heavy atom. The number of carboxylic acids is 1. The van der Waals surface area contributed by atoms with Crippen molar-refractivity contribution in [3.8, 4) is 0 Å². The van der Waals surface area contributed by atoms with Gasteiger partial charge in [0.15, 0.2) is 0 Å². The highest BCUT2D eigenvalue weighted by Crippen LogP contribution is 2.38. The second-order valence-corrected chi connectivity index (χ2v) is 4.65. The lowest BCUT2D eigenvalue weighted by atomic mass is 10.3. The molecule has 0 aromatic rings. The van der Waals surface area contributed by atoms with Gasteiger partial charge in [-0.15, -0.1) is 0 Å². The number of rotatable bonds is 6. The summed E-state index contributed by atoms with van der Waals surface area (Å²) in [6.07, 6.45) is 0.487. The summed E-state index contributed by atoms with van der Waals surface area (Å²) in [5, 5.41) is 11.4. The summed E-state index contributed by atoms with van der Waals surface area (Å²) in [5.41, 5.74) is 0. The lowest BCUT2D eigenvalue weighted by molar-refractivity contribution is -0.140. The first-order valence-electron chi connectivity index (χ1n) is 5.64. The fourth-order valence-electron chi connectivity index (χ4n) is 1.50. The van der Waals surface area contributed by atoms with Crippen LogP contribution in [0.1, 0.15) is 20.3 Å². The predicted octanol–water partition coefficient (Wildman–Crippen LogP) is 0.164. The molecule has 5 heteroatoms. The smallest absolute Gasteiger partial charge is 0.307 e. The number of carbonyl (C=O) groups is 2. The molecule has 0 saturated heterocycles. The minimum atomic E-state index is -0.862. The van der Waals surface area contributed by atoms with Crippen LogP contribution in [-0.4, -0.2) is 48.1 Å². The van der Waals surface area contributed by atoms with Crippen LogP contribution in [-0.2, 0) is 9.59 Å². The van der Waals surface area contributed by atoms with Crippen molar-refractivity contribution < 1.29 is 14.7 Å². The molecule has 0 spiro atoms. The maximum atomic E-state index is 11.5. The third-order valence-corrected chi connectivity index (χ3v) is 3.09. The van der Waals surface area contributed by atoms with Gasteiger partial charge in [0.05, 0.1) is 11.8 Å². The van der Waals surface area contributed by atoms with E-state index >= 15 is 0 Å². The number of aliphatic carboxylic acids is 1. The van der Waals surface area contributed by atoms with E-state index in [1.54, 1.807) is 0 Å². The molecule has 0 aromatic heterocycles. The lowest BCUT2D eigenvalue weighted by Gasteiger charge is -2.20. The molecule has 1 fully saturated rings. The van der Waals surface area contributed by atoms with E-state index in [0.717, 1.165) is 6.54 Å². The highest BCUT2D eigenvalue weighted by Gasteiger charge is 2.48. The fourth-order valence-corrected chi connectivity index (χ4v) is 1.50. The summed E-state index contributed by atoms with van der Waals surface area (Å²) in [6, 6.07) is 0.449. The first-order valence-corrected chi connectivity index (χ1v) is 5.64. The Morgan fingerprint density at radius 1 is 1.44 bits per heavy atom. The second-order valence-electron chi connectivity index (χ2n) is 4.65. The average molecular weight is 228 g/mol. The zero-order valence-electron chi connectivity index (χ0n) is 10.1. The summed E-state index contributed by atoms with van der Waals surface area (Å²) in [6.45, 7) is 5.54. The van der Waals surface area contributed by atoms with E-state index in [2.05, 4.69) is 24.1 Å². The van der Waals surface area contributed by atoms with Crippen LogP contribution in [0.5, 0.6) is 0 Å². The molecule has 1 aliphatic carbocycles. The summed E-state index contributed by atoms with van der Waals surface area (Å²) in [4.78, 5) is 24.2. The van der Waals surface area contributed by atoms with E-state index in [4.69, 9.17) is 5.11 Å². The molecule has 1 aliphatic rings. The number of likely N-dealkylation sites (N-methyl/N-ethyl adjacent to an activating group) is 1. The molecule has 2 N–H and O–H groups in total. The molecule has 16 heavy (non-hydrogen) atoms. The fraction of sp³-hybridized carbons (Fsp3) is 0.818. The molecular weight excluding hydrogens is 208 g/mol. The maximum absolute atomic E-state index is 11.5. The minimum absolute atomic E-state index is 0.121. The Morgan fingerprint density at radius 2 is 2.06 bits per heavy atom. The molecule has 0 aliphatic heterocycles. The number of hydrogen-bond acceptors (Lipinski definition) is 3. The first-order chi connectivity index (χ1) is 7.43. The van der Waals surface area contributed by atoms with Crippen LogP contribution in [0.4, 0.5) is 0 Å². The predicted molar refractivity (Wildman–Crippen MR) is 60.0 cm³/mol. The molecule has 1 saturated carbocycles. The van der Waals surface area contributed by atoms with Crippen LogP contribution in [0.25, 0.3) is 0 Å².